The number of hydrogen-bond donors (Lipinski definition) is 0. The third-order valence-electron chi connectivity index (χ3n) is 4.87. The first-order valence-electron chi connectivity index (χ1n) is 8.40. The van der Waals surface area contributed by atoms with Crippen LogP contribution in [-0.2, 0) is 17.9 Å². The van der Waals surface area contributed by atoms with E-state index in [2.05, 4.69) is 9.55 Å². The van der Waals surface area contributed by atoms with Crippen LogP contribution < -0.4 is 4.74 Å². The molecular formula is C18H20FN3O2. The van der Waals surface area contributed by atoms with Crippen LogP contribution in [0, 0.1) is 11.7 Å². The van der Waals surface area contributed by atoms with Crippen LogP contribution in [0.25, 0.3) is 0 Å². The lowest BCUT2D eigenvalue weighted by molar-refractivity contribution is -0.139. The summed E-state index contributed by atoms with van der Waals surface area (Å²) in [5.41, 5.74) is 1.08. The molecule has 0 saturated heterocycles. The summed E-state index contributed by atoms with van der Waals surface area (Å²) >= 11 is 0. The maximum atomic E-state index is 13.9. The molecule has 6 heteroatoms. The van der Waals surface area contributed by atoms with E-state index in [9.17, 15) is 9.18 Å². The van der Waals surface area contributed by atoms with Crippen LogP contribution >= 0.6 is 0 Å². The summed E-state index contributed by atoms with van der Waals surface area (Å²) in [6, 6.07) is 6.85. The van der Waals surface area contributed by atoms with Crippen LogP contribution in [0.5, 0.6) is 5.88 Å². The molecule has 3 heterocycles. The molecular weight excluding hydrogens is 309 g/mol. The third-order valence-corrected chi connectivity index (χ3v) is 4.87. The van der Waals surface area contributed by atoms with Gasteiger partial charge in [-0.2, -0.15) is 0 Å². The SMILES string of the molecule is O=C(C1CCC1)N1Cc2cccn2CC(Oc2ncccc2F)C1. The second-order valence-corrected chi connectivity index (χ2v) is 6.53. The molecule has 0 spiro atoms. The van der Waals surface area contributed by atoms with E-state index in [0.29, 0.717) is 19.6 Å². The van der Waals surface area contributed by atoms with Crippen LogP contribution in [0.1, 0.15) is 25.0 Å². The van der Waals surface area contributed by atoms with Gasteiger partial charge in [-0.3, -0.25) is 4.79 Å². The Bertz CT molecular complexity index is 741. The minimum atomic E-state index is -0.480. The van der Waals surface area contributed by atoms with Gasteiger partial charge in [0.15, 0.2) is 5.82 Å². The van der Waals surface area contributed by atoms with Gasteiger partial charge in [0.2, 0.25) is 5.91 Å². The van der Waals surface area contributed by atoms with Gasteiger partial charge in [-0.25, -0.2) is 9.37 Å². The third kappa shape index (κ3) is 2.88. The summed E-state index contributed by atoms with van der Waals surface area (Å²) in [5, 5.41) is 0. The van der Waals surface area contributed by atoms with Crippen LogP contribution in [-0.4, -0.2) is 33.0 Å². The summed E-state index contributed by atoms with van der Waals surface area (Å²) in [7, 11) is 0. The first kappa shape index (κ1) is 15.2. The van der Waals surface area contributed by atoms with Gasteiger partial charge in [0.1, 0.15) is 6.10 Å². The standard InChI is InChI=1S/C18H20FN3O2/c19-16-7-2-8-20-17(16)24-15-11-21-9-3-6-14(21)10-22(12-15)18(23)13-4-1-5-13/h2-3,6-9,13,15H,1,4-5,10-12H2. The molecule has 24 heavy (non-hydrogen) atoms. The van der Waals surface area contributed by atoms with Gasteiger partial charge < -0.3 is 14.2 Å². The van der Waals surface area contributed by atoms with Gasteiger partial charge in [-0.15, -0.1) is 0 Å². The number of amides is 1. The molecule has 2 aliphatic rings. The quantitative estimate of drug-likeness (QED) is 0.870. The Labute approximate surface area is 140 Å². The number of carbonyl (C=O) groups excluding carboxylic acids is 1. The first-order chi connectivity index (χ1) is 11.7. The Kier molecular flexibility index (Phi) is 3.96. The highest BCUT2D eigenvalue weighted by molar-refractivity contribution is 5.79. The zero-order chi connectivity index (χ0) is 16.5. The molecule has 5 nitrogen and oxygen atoms in total. The number of aromatic nitrogens is 2. The normalized spacial score (nSPS) is 20.9. The number of rotatable bonds is 3. The van der Waals surface area contributed by atoms with Crippen molar-refractivity contribution in [3.05, 3.63) is 48.2 Å². The Morgan fingerprint density at radius 1 is 1.25 bits per heavy atom. The Hall–Kier alpha value is -2.37. The number of fused-ring (bicyclic) bond motifs is 1. The van der Waals surface area contributed by atoms with Crippen molar-refractivity contribution >= 4 is 5.91 Å². The summed E-state index contributed by atoms with van der Waals surface area (Å²) in [5.74, 6) is -0.162. The van der Waals surface area contributed by atoms with Crippen molar-refractivity contribution in [3.63, 3.8) is 0 Å². The van der Waals surface area contributed by atoms with E-state index >= 15 is 0 Å². The lowest BCUT2D eigenvalue weighted by Gasteiger charge is -2.32. The molecule has 1 amide bonds. The Morgan fingerprint density at radius 3 is 2.88 bits per heavy atom. The lowest BCUT2D eigenvalue weighted by atomic mass is 9.84. The highest BCUT2D eigenvalue weighted by atomic mass is 19.1. The largest absolute Gasteiger partial charge is 0.468 e. The lowest BCUT2D eigenvalue weighted by Crippen LogP contribution is -2.43. The summed E-state index contributed by atoms with van der Waals surface area (Å²) in [6.45, 7) is 1.60. The molecule has 0 radical (unpaired) electrons. The molecule has 1 aliphatic heterocycles. The van der Waals surface area contributed by atoms with Crippen molar-refractivity contribution in [2.45, 2.75) is 38.5 Å². The Morgan fingerprint density at radius 2 is 2.12 bits per heavy atom. The van der Waals surface area contributed by atoms with Crippen molar-refractivity contribution < 1.29 is 13.9 Å². The van der Waals surface area contributed by atoms with Crippen molar-refractivity contribution in [2.75, 3.05) is 6.54 Å². The number of pyridine rings is 1. The number of halogens is 1. The fourth-order valence-electron chi connectivity index (χ4n) is 3.33. The molecule has 2 aromatic rings. The molecule has 126 valence electrons. The Balaban J connectivity index is 1.57. The highest BCUT2D eigenvalue weighted by Crippen LogP contribution is 2.30. The first-order valence-corrected chi connectivity index (χ1v) is 8.40. The van der Waals surface area contributed by atoms with E-state index in [-0.39, 0.29) is 23.8 Å². The summed E-state index contributed by atoms with van der Waals surface area (Å²) < 4.78 is 21.7. The van der Waals surface area contributed by atoms with Crippen LogP contribution in [0.2, 0.25) is 0 Å². The monoisotopic (exact) mass is 329 g/mol. The van der Waals surface area contributed by atoms with Gasteiger partial charge in [0.25, 0.3) is 5.88 Å². The average Bonchev–Trinajstić information content (AvgIpc) is 2.86. The molecule has 0 bridgehead atoms. The zero-order valence-corrected chi connectivity index (χ0v) is 13.4. The van der Waals surface area contributed by atoms with E-state index in [4.69, 9.17) is 4.74 Å². The molecule has 1 saturated carbocycles. The van der Waals surface area contributed by atoms with Crippen LogP contribution in [0.4, 0.5) is 4.39 Å². The molecule has 2 aromatic heterocycles. The van der Waals surface area contributed by atoms with Crippen molar-refractivity contribution in [3.8, 4) is 5.88 Å². The van der Waals surface area contributed by atoms with Crippen molar-refractivity contribution in [1.82, 2.24) is 14.5 Å². The van der Waals surface area contributed by atoms with Gasteiger partial charge in [-0.05, 0) is 37.1 Å². The number of hydrogen-bond acceptors (Lipinski definition) is 3. The molecule has 0 N–H and O–H groups in total. The fourth-order valence-corrected chi connectivity index (χ4v) is 3.33. The predicted molar refractivity (Wildman–Crippen MR) is 85.8 cm³/mol. The van der Waals surface area contributed by atoms with Gasteiger partial charge in [0, 0.05) is 24.0 Å². The number of ether oxygens (including phenoxy) is 1. The fraction of sp³-hybridized carbons (Fsp3) is 0.444. The van der Waals surface area contributed by atoms with Gasteiger partial charge >= 0.3 is 0 Å². The van der Waals surface area contributed by atoms with Gasteiger partial charge in [0.05, 0.1) is 19.6 Å². The van der Waals surface area contributed by atoms with Crippen molar-refractivity contribution in [1.29, 1.82) is 0 Å². The van der Waals surface area contributed by atoms with Crippen LogP contribution in [0.3, 0.4) is 0 Å². The smallest absolute Gasteiger partial charge is 0.250 e. The van der Waals surface area contributed by atoms with E-state index in [1.165, 1.54) is 18.3 Å². The molecule has 0 aromatic carbocycles. The van der Waals surface area contributed by atoms with E-state index < -0.39 is 5.82 Å². The topological polar surface area (TPSA) is 47.4 Å². The van der Waals surface area contributed by atoms with E-state index in [0.717, 1.165) is 25.0 Å². The average molecular weight is 329 g/mol. The maximum absolute atomic E-state index is 13.9. The predicted octanol–water partition coefficient (Wildman–Crippen LogP) is 2.61. The van der Waals surface area contributed by atoms with E-state index in [1.54, 1.807) is 0 Å². The minimum Gasteiger partial charge on any atom is -0.468 e. The second kappa shape index (κ2) is 6.26. The zero-order valence-electron chi connectivity index (χ0n) is 13.4. The molecule has 1 atom stereocenters. The van der Waals surface area contributed by atoms with Crippen LogP contribution in [0.15, 0.2) is 36.7 Å². The summed E-state index contributed by atoms with van der Waals surface area (Å²) in [4.78, 5) is 18.5. The molecule has 1 unspecified atom stereocenters. The molecule has 1 fully saturated rings. The summed E-state index contributed by atoms with van der Waals surface area (Å²) in [6.07, 6.45) is 6.21. The van der Waals surface area contributed by atoms with E-state index in [1.807, 2.05) is 23.2 Å². The molecule has 1 aliphatic carbocycles. The highest BCUT2D eigenvalue weighted by Gasteiger charge is 2.33. The van der Waals surface area contributed by atoms with Gasteiger partial charge in [-0.1, -0.05) is 6.42 Å². The minimum absolute atomic E-state index is 0.00542. The van der Waals surface area contributed by atoms with Crippen molar-refractivity contribution in [2.24, 2.45) is 5.92 Å². The molecule has 4 rings (SSSR count). The maximum Gasteiger partial charge on any atom is 0.250 e. The number of carbonyl (C=O) groups is 1. The second-order valence-electron chi connectivity index (χ2n) is 6.53. The number of nitrogens with zero attached hydrogens (tertiary/aromatic N) is 3.